The highest BCUT2D eigenvalue weighted by Crippen LogP contribution is 2.28. The highest BCUT2D eigenvalue weighted by Gasteiger charge is 2.15. The van der Waals surface area contributed by atoms with E-state index in [2.05, 4.69) is 5.32 Å². The van der Waals surface area contributed by atoms with E-state index in [1.165, 1.54) is 7.11 Å². The molecule has 0 atom stereocenters. The van der Waals surface area contributed by atoms with Crippen molar-refractivity contribution >= 4 is 11.9 Å². The summed E-state index contributed by atoms with van der Waals surface area (Å²) in [7, 11) is 1.51. The van der Waals surface area contributed by atoms with Gasteiger partial charge in [0.1, 0.15) is 0 Å². The number of hydrogen-bond donors (Lipinski definition) is 1. The number of esters is 1. The third-order valence-corrected chi connectivity index (χ3v) is 3.55. The molecule has 1 amide bonds. The quantitative estimate of drug-likeness (QED) is 0.665. The molecule has 24 heavy (non-hydrogen) atoms. The van der Waals surface area contributed by atoms with Gasteiger partial charge in [0, 0.05) is 6.04 Å². The maximum absolute atomic E-state index is 12.1. The van der Waals surface area contributed by atoms with Gasteiger partial charge in [-0.15, -0.1) is 0 Å². The smallest absolute Gasteiger partial charge is 0.338 e. The van der Waals surface area contributed by atoms with Gasteiger partial charge in [-0.3, -0.25) is 4.79 Å². The standard InChI is InChI=1S/C18H27NO5/c1-5-10-23-15-9-8-13(11-16(15)22-4)18(21)24-12-17(20)19-14(6-2)7-3/h8-9,11,14H,5-7,10,12H2,1-4H3,(H,19,20). The number of hydrogen-bond acceptors (Lipinski definition) is 5. The molecular formula is C18H27NO5. The van der Waals surface area contributed by atoms with E-state index in [-0.39, 0.29) is 18.6 Å². The van der Waals surface area contributed by atoms with Crippen molar-refractivity contribution in [1.82, 2.24) is 5.32 Å². The summed E-state index contributed by atoms with van der Waals surface area (Å²) in [6.07, 6.45) is 2.55. The fourth-order valence-corrected chi connectivity index (χ4v) is 2.10. The van der Waals surface area contributed by atoms with Crippen LogP contribution in [0.2, 0.25) is 0 Å². The highest BCUT2D eigenvalue weighted by atomic mass is 16.5. The van der Waals surface area contributed by atoms with Crippen molar-refractivity contribution < 1.29 is 23.8 Å². The number of rotatable bonds is 10. The number of methoxy groups -OCH3 is 1. The molecule has 0 saturated carbocycles. The van der Waals surface area contributed by atoms with Crippen molar-refractivity contribution in [2.24, 2.45) is 0 Å². The number of amides is 1. The van der Waals surface area contributed by atoms with E-state index in [0.29, 0.717) is 23.7 Å². The first kappa shape index (κ1) is 19.8. The van der Waals surface area contributed by atoms with Gasteiger partial charge in [0.2, 0.25) is 0 Å². The van der Waals surface area contributed by atoms with Crippen LogP contribution in [0.4, 0.5) is 0 Å². The zero-order valence-corrected chi connectivity index (χ0v) is 14.9. The Balaban J connectivity index is 2.63. The van der Waals surface area contributed by atoms with Crippen LogP contribution >= 0.6 is 0 Å². The van der Waals surface area contributed by atoms with Gasteiger partial charge in [0.15, 0.2) is 18.1 Å². The molecule has 0 aliphatic rings. The second kappa shape index (κ2) is 10.5. The number of ether oxygens (including phenoxy) is 3. The normalized spacial score (nSPS) is 10.4. The van der Waals surface area contributed by atoms with Crippen molar-refractivity contribution in [3.63, 3.8) is 0 Å². The Bertz CT molecular complexity index is 540. The Morgan fingerprint density at radius 2 is 1.83 bits per heavy atom. The van der Waals surface area contributed by atoms with Crippen LogP contribution in [0.15, 0.2) is 18.2 Å². The topological polar surface area (TPSA) is 73.9 Å². The summed E-state index contributed by atoms with van der Waals surface area (Å²) < 4.78 is 15.8. The van der Waals surface area contributed by atoms with Crippen LogP contribution in [0.5, 0.6) is 11.5 Å². The molecule has 0 spiro atoms. The molecule has 6 nitrogen and oxygen atoms in total. The second-order valence-electron chi connectivity index (χ2n) is 5.37. The molecule has 0 aliphatic carbocycles. The van der Waals surface area contributed by atoms with E-state index in [0.717, 1.165) is 19.3 Å². The van der Waals surface area contributed by atoms with E-state index >= 15 is 0 Å². The van der Waals surface area contributed by atoms with Crippen molar-refractivity contribution in [1.29, 1.82) is 0 Å². The molecule has 1 rings (SSSR count). The first-order valence-electron chi connectivity index (χ1n) is 8.32. The molecule has 0 bridgehead atoms. The summed E-state index contributed by atoms with van der Waals surface area (Å²) in [5.74, 6) is 0.156. The van der Waals surface area contributed by atoms with E-state index in [4.69, 9.17) is 14.2 Å². The fraction of sp³-hybridized carbons (Fsp3) is 0.556. The zero-order valence-electron chi connectivity index (χ0n) is 14.9. The maximum atomic E-state index is 12.1. The average molecular weight is 337 g/mol. The van der Waals surface area contributed by atoms with Gasteiger partial charge in [-0.25, -0.2) is 4.79 Å². The predicted octanol–water partition coefficient (Wildman–Crippen LogP) is 2.95. The molecule has 134 valence electrons. The summed E-state index contributed by atoms with van der Waals surface area (Å²) in [5, 5.41) is 2.82. The first-order valence-corrected chi connectivity index (χ1v) is 8.32. The van der Waals surface area contributed by atoms with Gasteiger partial charge in [-0.05, 0) is 37.5 Å². The van der Waals surface area contributed by atoms with Crippen LogP contribution in [0.3, 0.4) is 0 Å². The summed E-state index contributed by atoms with van der Waals surface area (Å²) in [6.45, 7) is 6.26. The Morgan fingerprint density at radius 1 is 1.12 bits per heavy atom. The highest BCUT2D eigenvalue weighted by molar-refractivity contribution is 5.92. The molecule has 6 heteroatoms. The SMILES string of the molecule is CCCOc1ccc(C(=O)OCC(=O)NC(CC)CC)cc1OC. The minimum Gasteiger partial charge on any atom is -0.493 e. The lowest BCUT2D eigenvalue weighted by molar-refractivity contribution is -0.125. The Kier molecular flexibility index (Phi) is 8.68. The summed E-state index contributed by atoms with van der Waals surface area (Å²) >= 11 is 0. The van der Waals surface area contributed by atoms with E-state index in [1.54, 1.807) is 18.2 Å². The molecule has 0 radical (unpaired) electrons. The minimum absolute atomic E-state index is 0.103. The lowest BCUT2D eigenvalue weighted by Crippen LogP contribution is -2.36. The average Bonchev–Trinajstić information content (AvgIpc) is 2.62. The van der Waals surface area contributed by atoms with Crippen LogP contribution < -0.4 is 14.8 Å². The van der Waals surface area contributed by atoms with Crippen LogP contribution in [0.1, 0.15) is 50.4 Å². The molecule has 0 unspecified atom stereocenters. The number of nitrogens with one attached hydrogen (secondary N) is 1. The summed E-state index contributed by atoms with van der Waals surface area (Å²) in [4.78, 5) is 23.8. The number of carbonyl (C=O) groups is 2. The summed E-state index contributed by atoms with van der Waals surface area (Å²) in [5.41, 5.74) is 0.311. The molecule has 0 heterocycles. The number of carbonyl (C=O) groups excluding carboxylic acids is 2. The van der Waals surface area contributed by atoms with Gasteiger partial charge in [-0.2, -0.15) is 0 Å². The van der Waals surface area contributed by atoms with Gasteiger partial charge in [0.25, 0.3) is 5.91 Å². The molecule has 1 N–H and O–H groups in total. The Morgan fingerprint density at radius 3 is 2.42 bits per heavy atom. The molecule has 1 aromatic rings. The van der Waals surface area contributed by atoms with Crippen LogP contribution in [-0.4, -0.2) is 38.2 Å². The molecule has 0 saturated heterocycles. The zero-order chi connectivity index (χ0) is 17.9. The van der Waals surface area contributed by atoms with Crippen LogP contribution in [-0.2, 0) is 9.53 Å². The van der Waals surface area contributed by atoms with Crippen LogP contribution in [0, 0.1) is 0 Å². The van der Waals surface area contributed by atoms with E-state index in [9.17, 15) is 9.59 Å². The monoisotopic (exact) mass is 337 g/mol. The van der Waals surface area contributed by atoms with Gasteiger partial charge in [-0.1, -0.05) is 20.8 Å². The Labute approximate surface area is 143 Å². The van der Waals surface area contributed by atoms with E-state index in [1.807, 2.05) is 20.8 Å². The minimum atomic E-state index is -0.574. The third-order valence-electron chi connectivity index (χ3n) is 3.55. The third kappa shape index (κ3) is 6.10. The van der Waals surface area contributed by atoms with Crippen molar-refractivity contribution in [3.05, 3.63) is 23.8 Å². The van der Waals surface area contributed by atoms with Crippen molar-refractivity contribution in [2.75, 3.05) is 20.3 Å². The van der Waals surface area contributed by atoms with Crippen molar-refractivity contribution in [3.8, 4) is 11.5 Å². The Hall–Kier alpha value is -2.24. The first-order chi connectivity index (χ1) is 11.5. The van der Waals surface area contributed by atoms with Gasteiger partial charge >= 0.3 is 5.97 Å². The fourth-order valence-electron chi connectivity index (χ4n) is 2.10. The molecule has 0 fully saturated rings. The second-order valence-corrected chi connectivity index (χ2v) is 5.37. The number of benzene rings is 1. The van der Waals surface area contributed by atoms with Crippen LogP contribution in [0.25, 0.3) is 0 Å². The van der Waals surface area contributed by atoms with Gasteiger partial charge < -0.3 is 19.5 Å². The summed E-state index contributed by atoms with van der Waals surface area (Å²) in [6, 6.07) is 4.90. The largest absolute Gasteiger partial charge is 0.493 e. The lowest BCUT2D eigenvalue weighted by Gasteiger charge is -2.15. The maximum Gasteiger partial charge on any atom is 0.338 e. The lowest BCUT2D eigenvalue weighted by atomic mass is 10.2. The predicted molar refractivity (Wildman–Crippen MR) is 91.6 cm³/mol. The molecule has 1 aromatic carbocycles. The molecule has 0 aliphatic heterocycles. The van der Waals surface area contributed by atoms with Gasteiger partial charge in [0.05, 0.1) is 19.3 Å². The van der Waals surface area contributed by atoms with Crippen molar-refractivity contribution in [2.45, 2.75) is 46.1 Å². The molecular weight excluding hydrogens is 310 g/mol. The molecule has 0 aromatic heterocycles. The van der Waals surface area contributed by atoms with E-state index < -0.39 is 5.97 Å².